The van der Waals surface area contributed by atoms with E-state index in [9.17, 15) is 13.0 Å². The van der Waals surface area contributed by atoms with E-state index in [-0.39, 0.29) is 49.4 Å². The monoisotopic (exact) mass is 674 g/mol. The molecule has 0 unspecified atom stereocenters. The zero-order valence-electron chi connectivity index (χ0n) is 27.6. The molecule has 14 heteroatoms. The number of hydrogen-bond acceptors (Lipinski definition) is 12. The van der Waals surface area contributed by atoms with Gasteiger partial charge in [0.2, 0.25) is 10.4 Å². The molecule has 1 aromatic rings. The van der Waals surface area contributed by atoms with Crippen LogP contribution in [0.5, 0.6) is 5.75 Å². The molecule has 0 aliphatic carbocycles. The average Bonchev–Trinajstić information content (AvgIpc) is 3.00. The summed E-state index contributed by atoms with van der Waals surface area (Å²) < 4.78 is 78.1. The van der Waals surface area contributed by atoms with Gasteiger partial charge < -0.3 is 42.4 Å². The van der Waals surface area contributed by atoms with Gasteiger partial charge in [-0.05, 0) is 30.5 Å². The number of hydrogen-bond donors (Lipinski definition) is 0. The van der Waals surface area contributed by atoms with Gasteiger partial charge >= 0.3 is 29.6 Å². The van der Waals surface area contributed by atoms with Crippen molar-refractivity contribution >= 4 is 10.4 Å². The Morgan fingerprint density at radius 1 is 0.511 bits per heavy atom. The molecule has 258 valence electrons. The molecule has 0 amide bonds. The maximum atomic E-state index is 10.2. The Morgan fingerprint density at radius 3 is 1.27 bits per heavy atom. The molecule has 45 heavy (non-hydrogen) atoms. The first-order valence-electron chi connectivity index (χ1n) is 15.9. The zero-order valence-corrected chi connectivity index (χ0v) is 30.4. The molecule has 0 radical (unpaired) electrons. The molecule has 1 rings (SSSR count). The first kappa shape index (κ1) is 44.6. The van der Waals surface area contributed by atoms with E-state index in [1.165, 1.54) is 50.5 Å². The maximum absolute atomic E-state index is 10.2. The summed E-state index contributed by atoms with van der Waals surface area (Å²) in [7, 11) is -4.67. The summed E-state index contributed by atoms with van der Waals surface area (Å²) in [6.07, 6.45) is 10.5. The first-order valence-corrected chi connectivity index (χ1v) is 17.2. The van der Waals surface area contributed by atoms with Gasteiger partial charge in [-0.15, -0.1) is 0 Å². The van der Waals surface area contributed by atoms with Gasteiger partial charge in [0.15, 0.2) is 0 Å². The topological polar surface area (TPSA) is 140 Å². The summed E-state index contributed by atoms with van der Waals surface area (Å²) in [5.41, 5.74) is 1.37. The number of rotatable bonds is 34. The van der Waals surface area contributed by atoms with Crippen molar-refractivity contribution in [3.63, 3.8) is 0 Å². The molecule has 1 aromatic carbocycles. The Balaban J connectivity index is 0.0000194. The molecule has 0 heterocycles. The first-order chi connectivity index (χ1) is 21.5. The molecule has 0 aliphatic rings. The van der Waals surface area contributed by atoms with Crippen molar-refractivity contribution in [3.05, 3.63) is 29.8 Å². The van der Waals surface area contributed by atoms with Crippen LogP contribution < -0.4 is 34.3 Å². The number of unbranched alkanes of at least 4 members (excludes halogenated alkanes) is 6. The van der Waals surface area contributed by atoms with Crippen LogP contribution in [0, 0.1) is 0 Å². The molecule has 12 nitrogen and oxygen atoms in total. The quantitative estimate of drug-likeness (QED) is 0.0445. The van der Waals surface area contributed by atoms with E-state index in [2.05, 4.69) is 23.2 Å². The Hall–Kier alpha value is -0.390. The normalized spacial score (nSPS) is 11.5. The van der Waals surface area contributed by atoms with Gasteiger partial charge in [0.25, 0.3) is 0 Å². The van der Waals surface area contributed by atoms with E-state index < -0.39 is 10.4 Å². The minimum atomic E-state index is -4.67. The predicted octanol–water partition coefficient (Wildman–Crippen LogP) is 0.956. The summed E-state index contributed by atoms with van der Waals surface area (Å²) in [4.78, 5) is 0. The summed E-state index contributed by atoms with van der Waals surface area (Å²) in [6, 6.07) is 8.40. The fourth-order valence-electron chi connectivity index (χ4n) is 3.87. The largest absolute Gasteiger partial charge is 1.00 e. The average molecular weight is 675 g/mol. The van der Waals surface area contributed by atoms with Crippen LogP contribution in [0.3, 0.4) is 0 Å². The van der Waals surface area contributed by atoms with Gasteiger partial charge in [-0.25, -0.2) is 8.42 Å². The van der Waals surface area contributed by atoms with Crippen LogP contribution in [0.15, 0.2) is 24.3 Å². The van der Waals surface area contributed by atoms with Crippen LogP contribution in [0.2, 0.25) is 0 Å². The number of ether oxygens (including phenoxy) is 8. The molecule has 0 saturated heterocycles. The second-order valence-corrected chi connectivity index (χ2v) is 10.9. The third kappa shape index (κ3) is 33.3. The summed E-state index contributed by atoms with van der Waals surface area (Å²) in [6.45, 7) is 8.21. The van der Waals surface area contributed by atoms with Crippen molar-refractivity contribution in [3.8, 4) is 5.75 Å². The van der Waals surface area contributed by atoms with Gasteiger partial charge in [-0.1, -0.05) is 57.6 Å². The SMILES string of the molecule is CCCCCCCCCc1ccc(OCCOCCOCCOCCOCCOCCOCCOCCOS(=O)(=O)[O-])cc1.[Na+]. The van der Waals surface area contributed by atoms with E-state index in [4.69, 9.17) is 37.9 Å². The van der Waals surface area contributed by atoms with E-state index in [0.29, 0.717) is 85.9 Å². The van der Waals surface area contributed by atoms with Crippen molar-refractivity contribution in [2.24, 2.45) is 0 Å². The van der Waals surface area contributed by atoms with Crippen molar-refractivity contribution in [1.29, 1.82) is 0 Å². The Morgan fingerprint density at radius 2 is 0.867 bits per heavy atom. The van der Waals surface area contributed by atoms with Gasteiger partial charge in [0.05, 0.1) is 99.1 Å². The molecular weight excluding hydrogens is 619 g/mol. The number of aryl methyl sites for hydroxylation is 1. The second kappa shape index (κ2) is 33.5. The summed E-state index contributed by atoms with van der Waals surface area (Å²) in [5, 5.41) is 0. The van der Waals surface area contributed by atoms with Crippen molar-refractivity contribution in [1.82, 2.24) is 0 Å². The molecular formula is C31H55NaO12S. The zero-order chi connectivity index (χ0) is 31.8. The predicted molar refractivity (Wildman–Crippen MR) is 165 cm³/mol. The van der Waals surface area contributed by atoms with Crippen LogP contribution in [-0.2, 0) is 54.2 Å². The molecule has 0 aromatic heterocycles. The maximum Gasteiger partial charge on any atom is 1.00 e. The van der Waals surface area contributed by atoms with Crippen molar-refractivity contribution < 1.29 is 84.6 Å². The van der Waals surface area contributed by atoms with Crippen LogP contribution in [0.1, 0.15) is 57.4 Å². The fourth-order valence-corrected chi connectivity index (χ4v) is 4.15. The van der Waals surface area contributed by atoms with E-state index in [1.807, 2.05) is 12.1 Å². The standard InChI is InChI=1S/C31H56O12S.Na/c1-2-3-4-5-6-7-8-9-30-10-12-31(13-11-30)42-28-26-40-24-22-38-20-18-36-16-14-35-15-17-37-19-21-39-23-25-41-27-29-43-44(32,33)34;/h10-13H,2-9,14-29H2,1H3,(H,32,33,34);/q;+1/p-1. The van der Waals surface area contributed by atoms with E-state index in [0.717, 1.165) is 12.2 Å². The Kier molecular flexibility index (Phi) is 33.2. The Bertz CT molecular complexity index is 845. The van der Waals surface area contributed by atoms with Gasteiger partial charge in [-0.3, -0.25) is 4.18 Å². The van der Waals surface area contributed by atoms with Crippen LogP contribution in [0.25, 0.3) is 0 Å². The molecule has 0 atom stereocenters. The minimum absolute atomic E-state index is 0. The summed E-state index contributed by atoms with van der Waals surface area (Å²) >= 11 is 0. The smallest absolute Gasteiger partial charge is 0.726 e. The van der Waals surface area contributed by atoms with Crippen molar-refractivity contribution in [2.45, 2.75) is 58.3 Å². The van der Waals surface area contributed by atoms with E-state index in [1.54, 1.807) is 0 Å². The van der Waals surface area contributed by atoms with Gasteiger partial charge in [-0.2, -0.15) is 0 Å². The minimum Gasteiger partial charge on any atom is -0.726 e. The second-order valence-electron chi connectivity index (χ2n) is 9.88. The van der Waals surface area contributed by atoms with Gasteiger partial charge in [0, 0.05) is 0 Å². The molecule has 0 fully saturated rings. The van der Waals surface area contributed by atoms with Crippen LogP contribution in [-0.4, -0.2) is 119 Å². The molecule has 0 bridgehead atoms. The van der Waals surface area contributed by atoms with E-state index >= 15 is 0 Å². The molecule has 0 saturated carbocycles. The van der Waals surface area contributed by atoms with Crippen LogP contribution in [0.4, 0.5) is 0 Å². The van der Waals surface area contributed by atoms with Gasteiger partial charge in [0.1, 0.15) is 12.4 Å². The van der Waals surface area contributed by atoms with Crippen molar-refractivity contribution in [2.75, 3.05) is 106 Å². The molecule has 0 spiro atoms. The third-order valence-corrected chi connectivity index (χ3v) is 6.63. The molecule has 0 N–H and O–H groups in total. The molecule has 0 aliphatic heterocycles. The summed E-state index contributed by atoms with van der Waals surface area (Å²) in [5.74, 6) is 0.873. The fraction of sp³-hybridized carbons (Fsp3) is 0.806. The number of benzene rings is 1. The Labute approximate surface area is 293 Å². The van der Waals surface area contributed by atoms with Crippen LogP contribution >= 0.6 is 0 Å². The third-order valence-electron chi connectivity index (χ3n) is 6.18.